The Kier molecular flexibility index (Phi) is 5.01. The molecule has 0 spiro atoms. The van der Waals surface area contributed by atoms with Crippen LogP contribution in [0.3, 0.4) is 0 Å². The van der Waals surface area contributed by atoms with E-state index in [1.807, 2.05) is 47.4 Å². The predicted molar refractivity (Wildman–Crippen MR) is 112 cm³/mol. The molecule has 5 heteroatoms. The van der Waals surface area contributed by atoms with E-state index in [1.165, 1.54) is 0 Å². The van der Waals surface area contributed by atoms with Crippen LogP contribution >= 0.6 is 0 Å². The highest BCUT2D eigenvalue weighted by Crippen LogP contribution is 2.52. The zero-order valence-electron chi connectivity index (χ0n) is 17.4. The molecule has 5 nitrogen and oxygen atoms in total. The van der Waals surface area contributed by atoms with Crippen LogP contribution in [0.15, 0.2) is 42.5 Å². The first kappa shape index (κ1) is 19.7. The molecule has 1 heterocycles. The molecule has 29 heavy (non-hydrogen) atoms. The Morgan fingerprint density at radius 2 is 1.79 bits per heavy atom. The van der Waals surface area contributed by atoms with Crippen molar-refractivity contribution in [2.75, 3.05) is 19.8 Å². The van der Waals surface area contributed by atoms with E-state index in [2.05, 4.69) is 20.8 Å². The molecule has 1 amide bonds. The fourth-order valence-electron chi connectivity index (χ4n) is 5.42. The summed E-state index contributed by atoms with van der Waals surface area (Å²) in [6, 6.07) is 13.9. The average molecular weight is 395 g/mol. The van der Waals surface area contributed by atoms with Gasteiger partial charge in [-0.2, -0.15) is 0 Å². The molecule has 4 rings (SSSR count). The maximum absolute atomic E-state index is 12.7. The minimum atomic E-state index is -0.528. The van der Waals surface area contributed by atoms with Gasteiger partial charge in [0.2, 0.25) is 0 Å². The van der Waals surface area contributed by atoms with Crippen LogP contribution in [-0.2, 0) is 14.3 Å². The molecule has 1 saturated heterocycles. The molecule has 2 fully saturated rings. The SMILES string of the molecule is CC1(C)C[C@@H]2C[C@](C)(CN2C(=O)COC(=O)COc2ccc3ccccc3c2)C1. The number of hydrogen-bond acceptors (Lipinski definition) is 4. The van der Waals surface area contributed by atoms with Gasteiger partial charge in [0, 0.05) is 12.6 Å². The number of carbonyl (C=O) groups excluding carboxylic acids is 2. The number of rotatable bonds is 5. The fourth-order valence-corrected chi connectivity index (χ4v) is 5.42. The lowest BCUT2D eigenvalue weighted by molar-refractivity contribution is -0.154. The minimum Gasteiger partial charge on any atom is -0.482 e. The summed E-state index contributed by atoms with van der Waals surface area (Å²) in [5.74, 6) is -0.0221. The van der Waals surface area contributed by atoms with Crippen molar-refractivity contribution in [3.63, 3.8) is 0 Å². The van der Waals surface area contributed by atoms with Gasteiger partial charge in [0.25, 0.3) is 5.91 Å². The lowest BCUT2D eigenvalue weighted by atomic mass is 9.65. The van der Waals surface area contributed by atoms with Gasteiger partial charge in [-0.3, -0.25) is 4.79 Å². The number of fused-ring (bicyclic) bond motifs is 3. The van der Waals surface area contributed by atoms with Gasteiger partial charge in [-0.1, -0.05) is 51.1 Å². The van der Waals surface area contributed by atoms with Gasteiger partial charge in [-0.25, -0.2) is 4.79 Å². The van der Waals surface area contributed by atoms with Crippen LogP contribution in [0.5, 0.6) is 5.75 Å². The topological polar surface area (TPSA) is 55.8 Å². The highest BCUT2D eigenvalue weighted by Gasteiger charge is 2.50. The van der Waals surface area contributed by atoms with Crippen molar-refractivity contribution in [1.82, 2.24) is 4.90 Å². The second-order valence-corrected chi connectivity index (χ2v) is 9.69. The summed E-state index contributed by atoms with van der Waals surface area (Å²) in [5.41, 5.74) is 0.419. The van der Waals surface area contributed by atoms with Crippen molar-refractivity contribution < 1.29 is 19.1 Å². The van der Waals surface area contributed by atoms with Crippen molar-refractivity contribution in [2.45, 2.75) is 46.1 Å². The number of hydrogen-bond donors (Lipinski definition) is 0. The smallest absolute Gasteiger partial charge is 0.344 e. The Morgan fingerprint density at radius 1 is 1.03 bits per heavy atom. The Balaban J connectivity index is 1.28. The zero-order chi connectivity index (χ0) is 20.6. The van der Waals surface area contributed by atoms with Crippen molar-refractivity contribution in [3.8, 4) is 5.75 Å². The standard InChI is InChI=1S/C24H29NO4/c1-23(2)11-19-12-24(3,15-23)16-25(19)21(26)13-29-22(27)14-28-20-9-8-17-6-4-5-7-18(17)10-20/h4-10,19H,11-16H2,1-3H3/t19-,24+/m1/s1. The predicted octanol–water partition coefficient (Wildman–Crippen LogP) is 4.19. The van der Waals surface area contributed by atoms with Crippen LogP contribution in [0.4, 0.5) is 0 Å². The van der Waals surface area contributed by atoms with Crippen molar-refractivity contribution >= 4 is 22.6 Å². The van der Waals surface area contributed by atoms with E-state index in [0.29, 0.717) is 5.75 Å². The molecule has 2 aromatic rings. The zero-order valence-corrected chi connectivity index (χ0v) is 17.4. The number of amides is 1. The number of nitrogens with zero attached hydrogens (tertiary/aromatic N) is 1. The third-order valence-corrected chi connectivity index (χ3v) is 6.17. The van der Waals surface area contributed by atoms with E-state index in [-0.39, 0.29) is 36.0 Å². The number of likely N-dealkylation sites (tertiary alicyclic amines) is 1. The van der Waals surface area contributed by atoms with E-state index in [1.54, 1.807) is 0 Å². The molecule has 0 unspecified atom stereocenters. The van der Waals surface area contributed by atoms with Gasteiger partial charge >= 0.3 is 5.97 Å². The van der Waals surface area contributed by atoms with E-state index in [9.17, 15) is 9.59 Å². The number of benzene rings is 2. The van der Waals surface area contributed by atoms with Gasteiger partial charge < -0.3 is 14.4 Å². The lowest BCUT2D eigenvalue weighted by Crippen LogP contribution is -2.40. The molecule has 1 saturated carbocycles. The van der Waals surface area contributed by atoms with Gasteiger partial charge in [0.15, 0.2) is 13.2 Å². The molecule has 154 valence electrons. The molecule has 2 bridgehead atoms. The Bertz CT molecular complexity index is 937. The maximum atomic E-state index is 12.7. The van der Waals surface area contributed by atoms with E-state index in [4.69, 9.17) is 9.47 Å². The summed E-state index contributed by atoms with van der Waals surface area (Å²) in [4.78, 5) is 26.7. The molecular formula is C24H29NO4. The largest absolute Gasteiger partial charge is 0.482 e. The minimum absolute atomic E-state index is 0.101. The summed E-state index contributed by atoms with van der Waals surface area (Å²) < 4.78 is 10.8. The molecule has 0 aromatic heterocycles. The molecule has 2 atom stereocenters. The van der Waals surface area contributed by atoms with Gasteiger partial charge in [-0.15, -0.1) is 0 Å². The van der Waals surface area contributed by atoms with Crippen LogP contribution in [0, 0.1) is 10.8 Å². The highest BCUT2D eigenvalue weighted by atomic mass is 16.6. The van der Waals surface area contributed by atoms with E-state index >= 15 is 0 Å². The summed E-state index contributed by atoms with van der Waals surface area (Å²) in [5, 5.41) is 2.16. The van der Waals surface area contributed by atoms with Crippen LogP contribution in [0.2, 0.25) is 0 Å². The molecular weight excluding hydrogens is 366 g/mol. The van der Waals surface area contributed by atoms with Gasteiger partial charge in [0.1, 0.15) is 5.75 Å². The summed E-state index contributed by atoms with van der Waals surface area (Å²) in [6.45, 7) is 7.14. The molecule has 0 radical (unpaired) electrons. The first-order chi connectivity index (χ1) is 13.7. The average Bonchev–Trinajstić information content (AvgIpc) is 2.93. The first-order valence-corrected chi connectivity index (χ1v) is 10.3. The van der Waals surface area contributed by atoms with Crippen LogP contribution < -0.4 is 4.74 Å². The first-order valence-electron chi connectivity index (χ1n) is 10.3. The van der Waals surface area contributed by atoms with Crippen LogP contribution in [0.25, 0.3) is 10.8 Å². The Labute approximate surface area is 172 Å². The monoisotopic (exact) mass is 395 g/mol. The number of ether oxygens (including phenoxy) is 2. The van der Waals surface area contributed by atoms with E-state index < -0.39 is 5.97 Å². The van der Waals surface area contributed by atoms with Crippen molar-refractivity contribution in [3.05, 3.63) is 42.5 Å². The molecule has 0 N–H and O–H groups in total. The lowest BCUT2D eigenvalue weighted by Gasteiger charge is -2.39. The van der Waals surface area contributed by atoms with Crippen LogP contribution in [0.1, 0.15) is 40.0 Å². The molecule has 1 aliphatic heterocycles. The summed E-state index contributed by atoms with van der Waals surface area (Å²) in [7, 11) is 0. The second-order valence-electron chi connectivity index (χ2n) is 9.69. The van der Waals surface area contributed by atoms with E-state index in [0.717, 1.165) is 36.6 Å². The highest BCUT2D eigenvalue weighted by molar-refractivity contribution is 5.84. The summed E-state index contributed by atoms with van der Waals surface area (Å²) in [6.07, 6.45) is 3.17. The third kappa shape index (κ3) is 4.39. The fraction of sp³-hybridized carbons (Fsp3) is 0.500. The van der Waals surface area contributed by atoms with Crippen LogP contribution in [-0.4, -0.2) is 42.6 Å². The maximum Gasteiger partial charge on any atom is 0.344 e. The molecule has 2 aromatic carbocycles. The third-order valence-electron chi connectivity index (χ3n) is 6.17. The van der Waals surface area contributed by atoms with Gasteiger partial charge in [-0.05, 0) is 53.0 Å². The van der Waals surface area contributed by atoms with Crippen molar-refractivity contribution in [1.29, 1.82) is 0 Å². The molecule has 2 aliphatic rings. The number of carbonyl (C=O) groups is 2. The van der Waals surface area contributed by atoms with Gasteiger partial charge in [0.05, 0.1) is 0 Å². The summed E-state index contributed by atoms with van der Waals surface area (Å²) >= 11 is 0. The van der Waals surface area contributed by atoms with Crippen molar-refractivity contribution in [2.24, 2.45) is 10.8 Å². The Hall–Kier alpha value is -2.56. The normalized spacial score (nSPS) is 25.1. The Morgan fingerprint density at radius 3 is 2.59 bits per heavy atom. The molecule has 1 aliphatic carbocycles. The quantitative estimate of drug-likeness (QED) is 0.713. The second kappa shape index (κ2) is 7.36. The number of esters is 1.